The van der Waals surface area contributed by atoms with Crippen molar-refractivity contribution < 1.29 is 13.4 Å². The molecule has 18 heavy (non-hydrogen) atoms. The molecular weight excluding hydrogens is 255 g/mol. The van der Waals surface area contributed by atoms with Gasteiger partial charge in [0.05, 0.1) is 23.3 Å². The Morgan fingerprint density at radius 1 is 1.56 bits per heavy atom. The number of carbonyl (C=O) groups is 1. The summed E-state index contributed by atoms with van der Waals surface area (Å²) in [5.74, 6) is -1.01. The second-order valence-corrected chi connectivity index (χ2v) is 5.12. The van der Waals surface area contributed by atoms with Crippen molar-refractivity contribution in [1.29, 1.82) is 5.26 Å². The van der Waals surface area contributed by atoms with Crippen molar-refractivity contribution in [3.63, 3.8) is 0 Å². The standard InChI is InChI=1S/C12H13FN2O2S/c1-15(7-3-6-14)12(16)9-18(17)11-5-2-4-10(13)8-11/h2,4-5,8H,3,7,9H2,1H3. The molecule has 1 aromatic carbocycles. The molecule has 0 heterocycles. The fourth-order valence-electron chi connectivity index (χ4n) is 1.26. The Hall–Kier alpha value is -1.74. The number of carbonyl (C=O) groups excluding carboxylic acids is 1. The fraction of sp³-hybridized carbons (Fsp3) is 0.333. The van der Waals surface area contributed by atoms with Crippen LogP contribution >= 0.6 is 0 Å². The van der Waals surface area contributed by atoms with E-state index >= 15 is 0 Å². The number of hydrogen-bond donors (Lipinski definition) is 0. The van der Waals surface area contributed by atoms with Crippen LogP contribution in [0.4, 0.5) is 4.39 Å². The van der Waals surface area contributed by atoms with Crippen molar-refractivity contribution in [2.75, 3.05) is 19.3 Å². The lowest BCUT2D eigenvalue weighted by Gasteiger charge is -2.14. The molecule has 0 N–H and O–H groups in total. The van der Waals surface area contributed by atoms with E-state index in [4.69, 9.17) is 5.26 Å². The molecular formula is C12H13FN2O2S. The summed E-state index contributed by atoms with van der Waals surface area (Å²) in [6.45, 7) is 0.301. The van der Waals surface area contributed by atoms with Gasteiger partial charge >= 0.3 is 0 Å². The third-order valence-electron chi connectivity index (χ3n) is 2.30. The third-order valence-corrected chi connectivity index (χ3v) is 3.59. The fourth-order valence-corrected chi connectivity index (χ4v) is 2.34. The van der Waals surface area contributed by atoms with Crippen LogP contribution in [0.25, 0.3) is 0 Å². The summed E-state index contributed by atoms with van der Waals surface area (Å²) in [4.78, 5) is 13.3. The van der Waals surface area contributed by atoms with Gasteiger partial charge in [0.2, 0.25) is 5.91 Å². The smallest absolute Gasteiger partial charge is 0.235 e. The molecule has 0 aromatic heterocycles. The van der Waals surface area contributed by atoms with E-state index in [9.17, 15) is 13.4 Å². The highest BCUT2D eigenvalue weighted by Gasteiger charge is 2.14. The minimum absolute atomic E-state index is 0.203. The summed E-state index contributed by atoms with van der Waals surface area (Å²) in [5.41, 5.74) is 0. The van der Waals surface area contributed by atoms with E-state index in [-0.39, 0.29) is 23.0 Å². The van der Waals surface area contributed by atoms with Gasteiger partial charge < -0.3 is 4.90 Å². The zero-order chi connectivity index (χ0) is 13.5. The Morgan fingerprint density at radius 3 is 2.89 bits per heavy atom. The Kier molecular flexibility index (Phi) is 5.46. The lowest BCUT2D eigenvalue weighted by atomic mass is 10.4. The largest absolute Gasteiger partial charge is 0.344 e. The first-order valence-corrected chi connectivity index (χ1v) is 6.61. The van der Waals surface area contributed by atoms with E-state index in [0.717, 1.165) is 6.07 Å². The van der Waals surface area contributed by atoms with Gasteiger partial charge in [-0.1, -0.05) is 6.07 Å². The molecule has 1 aromatic rings. The van der Waals surface area contributed by atoms with Crippen LogP contribution in [0.15, 0.2) is 29.2 Å². The molecule has 0 aliphatic rings. The molecule has 0 aliphatic carbocycles. The molecule has 1 atom stereocenters. The van der Waals surface area contributed by atoms with E-state index in [1.165, 1.54) is 23.1 Å². The van der Waals surface area contributed by atoms with Gasteiger partial charge in [-0.15, -0.1) is 0 Å². The molecule has 96 valence electrons. The van der Waals surface area contributed by atoms with Crippen LogP contribution in [0.5, 0.6) is 0 Å². The molecule has 1 unspecified atom stereocenters. The van der Waals surface area contributed by atoms with E-state index < -0.39 is 16.6 Å². The molecule has 4 nitrogen and oxygen atoms in total. The lowest BCUT2D eigenvalue weighted by molar-refractivity contribution is -0.127. The van der Waals surface area contributed by atoms with Crippen molar-refractivity contribution in [3.8, 4) is 6.07 Å². The van der Waals surface area contributed by atoms with Gasteiger partial charge in [0.15, 0.2) is 0 Å². The van der Waals surface area contributed by atoms with Gasteiger partial charge in [0.1, 0.15) is 11.6 Å². The first-order valence-electron chi connectivity index (χ1n) is 5.29. The summed E-state index contributed by atoms with van der Waals surface area (Å²) in [5, 5.41) is 8.40. The molecule has 0 bridgehead atoms. The number of halogens is 1. The van der Waals surface area contributed by atoms with Gasteiger partial charge in [-0.3, -0.25) is 9.00 Å². The lowest BCUT2D eigenvalue weighted by Crippen LogP contribution is -2.31. The number of hydrogen-bond acceptors (Lipinski definition) is 3. The van der Waals surface area contributed by atoms with E-state index in [2.05, 4.69) is 0 Å². The second kappa shape index (κ2) is 6.87. The maximum absolute atomic E-state index is 12.9. The number of nitrogens with zero attached hydrogens (tertiary/aromatic N) is 2. The van der Waals surface area contributed by atoms with Crippen molar-refractivity contribution in [3.05, 3.63) is 30.1 Å². The van der Waals surface area contributed by atoms with Crippen LogP contribution < -0.4 is 0 Å². The summed E-state index contributed by atoms with van der Waals surface area (Å²) < 4.78 is 24.7. The summed E-state index contributed by atoms with van der Waals surface area (Å²) in [6, 6.07) is 7.30. The Labute approximate surface area is 107 Å². The molecule has 1 rings (SSSR count). The Bertz CT molecular complexity index is 499. The first kappa shape index (κ1) is 14.3. The monoisotopic (exact) mass is 268 g/mol. The molecule has 1 amide bonds. The maximum atomic E-state index is 12.9. The summed E-state index contributed by atoms with van der Waals surface area (Å²) >= 11 is 0. The third kappa shape index (κ3) is 4.26. The zero-order valence-corrected chi connectivity index (χ0v) is 10.7. The predicted molar refractivity (Wildman–Crippen MR) is 65.5 cm³/mol. The van der Waals surface area contributed by atoms with Crippen molar-refractivity contribution in [2.24, 2.45) is 0 Å². The quantitative estimate of drug-likeness (QED) is 0.808. The zero-order valence-electron chi connectivity index (χ0n) is 9.93. The highest BCUT2D eigenvalue weighted by Crippen LogP contribution is 2.09. The van der Waals surface area contributed by atoms with Gasteiger partial charge in [-0.05, 0) is 18.2 Å². The Morgan fingerprint density at radius 2 is 2.28 bits per heavy atom. The Balaban J connectivity index is 2.60. The average molecular weight is 268 g/mol. The normalized spacial score (nSPS) is 11.6. The predicted octanol–water partition coefficient (Wildman–Crippen LogP) is 1.31. The van der Waals surface area contributed by atoms with Crippen LogP contribution in [-0.4, -0.2) is 34.4 Å². The minimum Gasteiger partial charge on any atom is -0.344 e. The second-order valence-electron chi connectivity index (χ2n) is 3.67. The topological polar surface area (TPSA) is 61.2 Å². The number of benzene rings is 1. The molecule has 0 fully saturated rings. The van der Waals surface area contributed by atoms with E-state index in [1.54, 1.807) is 7.05 Å². The molecule has 0 radical (unpaired) electrons. The average Bonchev–Trinajstić information content (AvgIpc) is 2.35. The van der Waals surface area contributed by atoms with Crippen LogP contribution in [0.2, 0.25) is 0 Å². The summed E-state index contributed by atoms with van der Waals surface area (Å²) in [7, 11) is -0.0199. The maximum Gasteiger partial charge on any atom is 0.235 e. The highest BCUT2D eigenvalue weighted by molar-refractivity contribution is 7.85. The van der Waals surface area contributed by atoms with E-state index in [0.29, 0.717) is 6.54 Å². The van der Waals surface area contributed by atoms with E-state index in [1.807, 2.05) is 6.07 Å². The highest BCUT2D eigenvalue weighted by atomic mass is 32.2. The van der Waals surface area contributed by atoms with Crippen LogP contribution in [0, 0.1) is 17.1 Å². The van der Waals surface area contributed by atoms with Crippen molar-refractivity contribution in [1.82, 2.24) is 4.90 Å². The van der Waals surface area contributed by atoms with Crippen molar-refractivity contribution in [2.45, 2.75) is 11.3 Å². The molecule has 6 heteroatoms. The van der Waals surface area contributed by atoms with Gasteiger partial charge in [-0.25, -0.2) is 4.39 Å². The molecule has 0 spiro atoms. The van der Waals surface area contributed by atoms with Crippen LogP contribution in [0.1, 0.15) is 6.42 Å². The summed E-state index contributed by atoms with van der Waals surface area (Å²) in [6.07, 6.45) is 0.231. The van der Waals surface area contributed by atoms with Gasteiger partial charge in [0.25, 0.3) is 0 Å². The molecule has 0 saturated heterocycles. The molecule has 0 aliphatic heterocycles. The SMILES string of the molecule is CN(CCC#N)C(=O)CS(=O)c1cccc(F)c1. The number of amides is 1. The minimum atomic E-state index is -1.56. The molecule has 0 saturated carbocycles. The number of nitriles is 1. The first-order chi connectivity index (χ1) is 8.54. The van der Waals surface area contributed by atoms with Crippen molar-refractivity contribution >= 4 is 16.7 Å². The van der Waals surface area contributed by atoms with Gasteiger partial charge in [-0.2, -0.15) is 5.26 Å². The van der Waals surface area contributed by atoms with Gasteiger partial charge in [0, 0.05) is 18.5 Å². The van der Waals surface area contributed by atoms with Crippen LogP contribution in [-0.2, 0) is 15.6 Å². The number of rotatable bonds is 5. The van der Waals surface area contributed by atoms with Crippen LogP contribution in [0.3, 0.4) is 0 Å².